The number of rotatable bonds is 1. The second kappa shape index (κ2) is 19.4. The Morgan fingerprint density at radius 1 is 0.316 bits per heavy atom. The Morgan fingerprint density at radius 3 is 1.54 bits per heavy atom. The molecule has 0 aliphatic heterocycles. The van der Waals surface area contributed by atoms with Crippen LogP contribution in [0.1, 0.15) is 16.7 Å². The summed E-state index contributed by atoms with van der Waals surface area (Å²) in [6, 6.07) is 85.0. The Hall–Kier alpha value is -7.82. The third-order valence-corrected chi connectivity index (χ3v) is 20.3. The van der Waals surface area contributed by atoms with Gasteiger partial charge in [-0.05, 0) is 158 Å². The molecule has 13 aromatic carbocycles. The summed E-state index contributed by atoms with van der Waals surface area (Å²) in [5, 5.41) is 18.0. The van der Waals surface area contributed by atoms with Gasteiger partial charge in [-0.15, -0.1) is 29.1 Å². The summed E-state index contributed by atoms with van der Waals surface area (Å²) >= 11 is 8.48. The fourth-order valence-electron chi connectivity index (χ4n) is 11.4. The summed E-state index contributed by atoms with van der Waals surface area (Å²) in [5.41, 5.74) is 11.0. The molecule has 0 atom stereocenters. The van der Waals surface area contributed by atoms with E-state index in [1.54, 1.807) is 11.3 Å². The van der Waals surface area contributed by atoms with Crippen LogP contribution < -0.4 is 0 Å². The standard InChI is InChI=1S/C36H20S.C26H14S.C10H6I2/c1-2-11-24-21(8-1)18-19-23-20-30-26-13-5-9-22-10-6-15-28(32(22)26)34(30)35(33(23)24)29-16-7-14-27-25-12-3-4-17-31(25)37-36(27)29;1-2-18-8-5-9-19-10-6-11-20(25(18)19)16-17-21-12-7-14-23-22-13-3-4-15-24(22)27-26(21)23;11-9-6-5-7-3-1-2-4-8(7)10(9)12/h1-20H;1,3-15H;1-6H. The quantitative estimate of drug-likeness (QED) is 0.0873. The number of thiophene rings is 2. The minimum atomic E-state index is 0.887. The molecule has 76 heavy (non-hydrogen) atoms. The van der Waals surface area contributed by atoms with Crippen LogP contribution in [-0.4, -0.2) is 0 Å². The maximum Gasteiger partial charge on any atom is 0.0512 e. The number of benzene rings is 13. The van der Waals surface area contributed by atoms with Crippen molar-refractivity contribution >= 4 is 162 Å². The molecule has 0 fully saturated rings. The average Bonchev–Trinajstić information content (AvgIpc) is 4.22. The van der Waals surface area contributed by atoms with Crippen LogP contribution in [0.4, 0.5) is 0 Å². The Kier molecular flexibility index (Phi) is 11.9. The SMILES string of the molecule is C#Cc1cccc2cccc(C#Cc3cccc4c3sc3ccccc34)c12.Ic1ccc2ccccc2c1I.c1cc2c3c(cccc3c1)-c1c-2cc2ccc3ccccc3c2c1-c1cccc2c1sc1ccccc12. The predicted octanol–water partition coefficient (Wildman–Crippen LogP) is 21.5. The highest BCUT2D eigenvalue weighted by Gasteiger charge is 2.28. The predicted molar refractivity (Wildman–Crippen MR) is 348 cm³/mol. The first-order chi connectivity index (χ1) is 37.5. The van der Waals surface area contributed by atoms with Gasteiger partial charge in [0.15, 0.2) is 0 Å². The topological polar surface area (TPSA) is 0 Å². The van der Waals surface area contributed by atoms with E-state index in [-0.39, 0.29) is 0 Å². The second-order valence-electron chi connectivity index (χ2n) is 19.0. The molecule has 0 N–H and O–H groups in total. The first kappa shape index (κ1) is 46.7. The van der Waals surface area contributed by atoms with Gasteiger partial charge in [0, 0.05) is 76.0 Å². The van der Waals surface area contributed by atoms with Crippen LogP contribution in [0.3, 0.4) is 0 Å². The van der Waals surface area contributed by atoms with E-state index in [0.29, 0.717) is 0 Å². The lowest BCUT2D eigenvalue weighted by atomic mass is 9.85. The summed E-state index contributed by atoms with van der Waals surface area (Å²) in [6.07, 6.45) is 5.71. The highest BCUT2D eigenvalue weighted by atomic mass is 127. The number of halogens is 2. The van der Waals surface area contributed by atoms with E-state index < -0.39 is 0 Å². The Bertz CT molecular complexity index is 4990. The van der Waals surface area contributed by atoms with E-state index in [2.05, 4.69) is 275 Å². The van der Waals surface area contributed by atoms with Gasteiger partial charge in [-0.25, -0.2) is 0 Å². The molecule has 2 heterocycles. The number of fused-ring (bicyclic) bond motifs is 14. The molecule has 354 valence electrons. The van der Waals surface area contributed by atoms with E-state index in [1.165, 1.54) is 124 Å². The molecule has 0 radical (unpaired) electrons. The number of hydrogen-bond acceptors (Lipinski definition) is 2. The smallest absolute Gasteiger partial charge is 0.0512 e. The van der Waals surface area contributed by atoms with E-state index in [4.69, 9.17) is 6.42 Å². The fraction of sp³-hybridized carbons (Fsp3) is 0. The molecule has 2 aromatic heterocycles. The first-order valence-electron chi connectivity index (χ1n) is 25.2. The molecule has 15 aromatic rings. The van der Waals surface area contributed by atoms with Gasteiger partial charge >= 0.3 is 0 Å². The van der Waals surface area contributed by atoms with E-state index >= 15 is 0 Å². The van der Waals surface area contributed by atoms with Gasteiger partial charge in [0.05, 0.1) is 4.70 Å². The summed E-state index contributed by atoms with van der Waals surface area (Å²) < 4.78 is 7.93. The summed E-state index contributed by atoms with van der Waals surface area (Å²) in [6.45, 7) is 0. The lowest BCUT2D eigenvalue weighted by Gasteiger charge is -2.17. The van der Waals surface area contributed by atoms with Crippen LogP contribution in [0.5, 0.6) is 0 Å². The molecule has 4 heteroatoms. The molecule has 0 spiro atoms. The monoisotopic (exact) mass is 1220 g/mol. The van der Waals surface area contributed by atoms with Gasteiger partial charge in [0.25, 0.3) is 0 Å². The van der Waals surface area contributed by atoms with E-state index in [0.717, 1.165) is 27.5 Å². The van der Waals surface area contributed by atoms with Crippen LogP contribution in [0, 0.1) is 31.3 Å². The highest BCUT2D eigenvalue weighted by Crippen LogP contribution is 2.56. The normalized spacial score (nSPS) is 11.4. The third kappa shape index (κ3) is 7.86. The zero-order valence-corrected chi connectivity index (χ0v) is 46.6. The van der Waals surface area contributed by atoms with Crippen LogP contribution in [0.25, 0.3) is 128 Å². The van der Waals surface area contributed by atoms with Crippen molar-refractivity contribution in [1.82, 2.24) is 0 Å². The molecule has 0 nitrogen and oxygen atoms in total. The Balaban J connectivity index is 0.000000118. The van der Waals surface area contributed by atoms with Crippen molar-refractivity contribution < 1.29 is 0 Å². The van der Waals surface area contributed by atoms with Gasteiger partial charge < -0.3 is 0 Å². The minimum Gasteiger partial charge on any atom is -0.135 e. The van der Waals surface area contributed by atoms with Crippen LogP contribution in [0.15, 0.2) is 237 Å². The van der Waals surface area contributed by atoms with Crippen LogP contribution in [-0.2, 0) is 0 Å². The average molecular weight is 1220 g/mol. The van der Waals surface area contributed by atoms with Gasteiger partial charge in [-0.1, -0.05) is 212 Å². The second-order valence-corrected chi connectivity index (χ2v) is 23.4. The number of hydrogen-bond donors (Lipinski definition) is 0. The van der Waals surface area contributed by atoms with Gasteiger partial charge in [-0.3, -0.25) is 0 Å². The van der Waals surface area contributed by atoms with E-state index in [9.17, 15) is 0 Å². The van der Waals surface area contributed by atoms with Crippen molar-refractivity contribution in [2.75, 3.05) is 0 Å². The minimum absolute atomic E-state index is 0.887. The molecule has 16 rings (SSSR count). The lowest BCUT2D eigenvalue weighted by molar-refractivity contribution is 1.64. The Morgan fingerprint density at radius 2 is 0.803 bits per heavy atom. The van der Waals surface area contributed by atoms with Gasteiger partial charge in [0.1, 0.15) is 0 Å². The maximum atomic E-state index is 5.71. The number of terminal acetylenes is 1. The summed E-state index contributed by atoms with van der Waals surface area (Å²) in [5.74, 6) is 9.57. The molecule has 1 aliphatic rings. The molecular formula is C72H40I2S2. The maximum absolute atomic E-state index is 5.71. The molecule has 0 amide bonds. The van der Waals surface area contributed by atoms with Crippen molar-refractivity contribution in [3.63, 3.8) is 0 Å². The first-order valence-corrected chi connectivity index (χ1v) is 28.9. The van der Waals surface area contributed by atoms with Crippen molar-refractivity contribution in [2.45, 2.75) is 0 Å². The molecule has 1 aliphatic carbocycles. The van der Waals surface area contributed by atoms with Crippen molar-refractivity contribution in [2.24, 2.45) is 0 Å². The molecule has 0 unspecified atom stereocenters. The zero-order chi connectivity index (χ0) is 50.9. The highest BCUT2D eigenvalue weighted by molar-refractivity contribution is 14.1. The largest absolute Gasteiger partial charge is 0.135 e. The van der Waals surface area contributed by atoms with Gasteiger partial charge in [0.2, 0.25) is 0 Å². The molecule has 0 saturated carbocycles. The molecule has 0 saturated heterocycles. The van der Waals surface area contributed by atoms with Crippen molar-refractivity contribution in [3.05, 3.63) is 260 Å². The van der Waals surface area contributed by atoms with Crippen LogP contribution in [0.2, 0.25) is 0 Å². The lowest BCUT2D eigenvalue weighted by Crippen LogP contribution is -1.90. The van der Waals surface area contributed by atoms with Gasteiger partial charge in [-0.2, -0.15) is 0 Å². The molecule has 0 bridgehead atoms. The van der Waals surface area contributed by atoms with E-state index in [1.807, 2.05) is 35.6 Å². The summed E-state index contributed by atoms with van der Waals surface area (Å²) in [7, 11) is 0. The van der Waals surface area contributed by atoms with Crippen molar-refractivity contribution in [1.29, 1.82) is 0 Å². The fourth-order valence-corrected chi connectivity index (χ4v) is 14.9. The third-order valence-electron chi connectivity index (χ3n) is 14.8. The molecular weight excluding hydrogens is 1180 g/mol. The van der Waals surface area contributed by atoms with Crippen LogP contribution >= 0.6 is 67.9 Å². The Labute approximate surface area is 475 Å². The summed E-state index contributed by atoms with van der Waals surface area (Å²) in [4.78, 5) is 0. The van der Waals surface area contributed by atoms with Crippen molar-refractivity contribution in [3.8, 4) is 57.6 Å². The zero-order valence-electron chi connectivity index (χ0n) is 40.7.